The molecule has 1 aliphatic rings. The van der Waals surface area contributed by atoms with E-state index in [1.165, 1.54) is 12.8 Å². The number of nitrogens with one attached hydrogen (secondary N) is 1. The minimum atomic E-state index is -0.386. The average molecular weight is 250 g/mol. The largest absolute Gasteiger partial charge is 0.487 e. The predicted octanol–water partition coefficient (Wildman–Crippen LogP) is 3.21. The summed E-state index contributed by atoms with van der Waals surface area (Å²) in [6.07, 6.45) is 2.36. The number of nitro benzene ring substituents is 1. The van der Waals surface area contributed by atoms with Crippen LogP contribution in [-0.4, -0.2) is 18.1 Å². The van der Waals surface area contributed by atoms with E-state index >= 15 is 0 Å². The van der Waals surface area contributed by atoms with Crippen LogP contribution in [0.5, 0.6) is 5.75 Å². The summed E-state index contributed by atoms with van der Waals surface area (Å²) in [6.45, 7) is 5.18. The third-order valence-electron chi connectivity index (χ3n) is 3.29. The highest BCUT2D eigenvalue weighted by Gasteiger charge is 2.37. The van der Waals surface area contributed by atoms with Crippen LogP contribution in [0.15, 0.2) is 18.2 Å². The van der Waals surface area contributed by atoms with Crippen LogP contribution in [-0.2, 0) is 0 Å². The molecule has 5 nitrogen and oxygen atoms in total. The minimum absolute atomic E-state index is 0.0311. The first-order valence-corrected chi connectivity index (χ1v) is 6.20. The molecule has 1 fully saturated rings. The van der Waals surface area contributed by atoms with Crippen LogP contribution in [0.2, 0.25) is 0 Å². The zero-order chi connectivity index (χ0) is 13.2. The second kappa shape index (κ2) is 4.84. The smallest absolute Gasteiger partial charge is 0.333 e. The van der Waals surface area contributed by atoms with E-state index in [1.54, 1.807) is 18.2 Å². The number of rotatable bonds is 6. The van der Waals surface area contributed by atoms with Gasteiger partial charge in [0.1, 0.15) is 5.69 Å². The van der Waals surface area contributed by atoms with E-state index in [-0.39, 0.29) is 10.6 Å². The molecule has 0 spiro atoms. The van der Waals surface area contributed by atoms with Crippen molar-refractivity contribution in [1.29, 1.82) is 0 Å². The van der Waals surface area contributed by atoms with E-state index < -0.39 is 0 Å². The molecule has 0 amide bonds. The van der Waals surface area contributed by atoms with E-state index in [9.17, 15) is 10.1 Å². The highest BCUT2D eigenvalue weighted by molar-refractivity contribution is 5.68. The molecule has 5 heteroatoms. The number of benzene rings is 1. The summed E-state index contributed by atoms with van der Waals surface area (Å²) in [6, 6.07) is 5.13. The topological polar surface area (TPSA) is 64.4 Å². The van der Waals surface area contributed by atoms with Gasteiger partial charge in [-0.1, -0.05) is 13.0 Å². The molecular weight excluding hydrogens is 232 g/mol. The molecule has 2 rings (SSSR count). The maximum Gasteiger partial charge on any atom is 0.333 e. The van der Waals surface area contributed by atoms with Crippen LogP contribution in [0.1, 0.15) is 26.7 Å². The van der Waals surface area contributed by atoms with Crippen molar-refractivity contribution in [1.82, 2.24) is 0 Å². The van der Waals surface area contributed by atoms with Crippen LogP contribution in [0.4, 0.5) is 11.4 Å². The van der Waals surface area contributed by atoms with Crippen molar-refractivity contribution in [2.24, 2.45) is 5.41 Å². The standard InChI is InChI=1S/C13H18N2O3/c1-3-18-11-6-4-5-10(12(11)15(16)17)14-9-13(2)7-8-13/h4-6,14H,3,7-9H2,1-2H3. The van der Waals surface area contributed by atoms with Crippen molar-refractivity contribution in [3.8, 4) is 5.75 Å². The fourth-order valence-corrected chi connectivity index (χ4v) is 1.82. The molecule has 1 aromatic carbocycles. The predicted molar refractivity (Wildman–Crippen MR) is 70.1 cm³/mol. The second-order valence-electron chi connectivity index (χ2n) is 5.01. The Kier molecular flexibility index (Phi) is 3.41. The number of anilines is 1. The molecule has 0 aromatic heterocycles. The number of hydrogen-bond donors (Lipinski definition) is 1. The molecule has 18 heavy (non-hydrogen) atoms. The maximum atomic E-state index is 11.1. The molecule has 0 bridgehead atoms. The van der Waals surface area contributed by atoms with Crippen molar-refractivity contribution >= 4 is 11.4 Å². The summed E-state index contributed by atoms with van der Waals surface area (Å²) in [5, 5.41) is 14.3. The molecule has 0 saturated heterocycles. The van der Waals surface area contributed by atoms with Gasteiger partial charge in [-0.3, -0.25) is 10.1 Å². The average Bonchev–Trinajstić information content (AvgIpc) is 3.05. The Morgan fingerprint density at radius 1 is 1.50 bits per heavy atom. The van der Waals surface area contributed by atoms with Crippen molar-refractivity contribution in [2.45, 2.75) is 26.7 Å². The number of para-hydroxylation sites is 1. The SMILES string of the molecule is CCOc1cccc(NCC2(C)CC2)c1[N+](=O)[O-]. The van der Waals surface area contributed by atoms with Crippen molar-refractivity contribution in [2.75, 3.05) is 18.5 Å². The van der Waals surface area contributed by atoms with Gasteiger partial charge in [0.25, 0.3) is 0 Å². The van der Waals surface area contributed by atoms with E-state index in [1.807, 2.05) is 6.92 Å². The van der Waals surface area contributed by atoms with Gasteiger partial charge in [-0.25, -0.2) is 0 Å². The lowest BCUT2D eigenvalue weighted by molar-refractivity contribution is -0.384. The van der Waals surface area contributed by atoms with Crippen LogP contribution in [0.3, 0.4) is 0 Å². The Morgan fingerprint density at radius 2 is 2.22 bits per heavy atom. The summed E-state index contributed by atoms with van der Waals surface area (Å²) in [7, 11) is 0. The Bertz CT molecular complexity index is 456. The Morgan fingerprint density at radius 3 is 2.78 bits per heavy atom. The van der Waals surface area contributed by atoms with Crippen molar-refractivity contribution in [3.05, 3.63) is 28.3 Å². The zero-order valence-electron chi connectivity index (χ0n) is 10.7. The van der Waals surface area contributed by atoms with Crippen molar-refractivity contribution in [3.63, 3.8) is 0 Å². The highest BCUT2D eigenvalue weighted by Crippen LogP contribution is 2.45. The Labute approximate surface area is 106 Å². The Balaban J connectivity index is 2.21. The first kappa shape index (κ1) is 12.7. The van der Waals surface area contributed by atoms with Gasteiger partial charge < -0.3 is 10.1 Å². The molecule has 1 aromatic rings. The van der Waals surface area contributed by atoms with Gasteiger partial charge in [-0.15, -0.1) is 0 Å². The number of nitrogens with zero attached hydrogens (tertiary/aromatic N) is 1. The summed E-state index contributed by atoms with van der Waals surface area (Å²) in [5.74, 6) is 0.327. The van der Waals surface area contributed by atoms with Crippen LogP contribution < -0.4 is 10.1 Å². The molecule has 0 radical (unpaired) electrons. The number of ether oxygens (including phenoxy) is 1. The normalized spacial score (nSPS) is 16.1. The summed E-state index contributed by atoms with van der Waals surface area (Å²) < 4.78 is 5.30. The lowest BCUT2D eigenvalue weighted by atomic mass is 10.1. The number of nitro groups is 1. The van der Waals surface area contributed by atoms with E-state index in [2.05, 4.69) is 12.2 Å². The third-order valence-corrected chi connectivity index (χ3v) is 3.29. The van der Waals surface area contributed by atoms with Gasteiger partial charge in [0, 0.05) is 6.54 Å². The van der Waals surface area contributed by atoms with Crippen LogP contribution >= 0.6 is 0 Å². The summed E-state index contributed by atoms with van der Waals surface area (Å²) >= 11 is 0. The summed E-state index contributed by atoms with van der Waals surface area (Å²) in [4.78, 5) is 10.8. The number of hydrogen-bond acceptors (Lipinski definition) is 4. The Hall–Kier alpha value is -1.78. The zero-order valence-corrected chi connectivity index (χ0v) is 10.7. The molecule has 1 N–H and O–H groups in total. The van der Waals surface area contributed by atoms with Gasteiger partial charge in [0.15, 0.2) is 5.75 Å². The van der Waals surface area contributed by atoms with E-state index in [0.717, 1.165) is 6.54 Å². The quantitative estimate of drug-likeness (QED) is 0.622. The molecule has 0 atom stereocenters. The second-order valence-corrected chi connectivity index (χ2v) is 5.01. The lowest BCUT2D eigenvalue weighted by Gasteiger charge is -2.13. The molecule has 0 heterocycles. The van der Waals surface area contributed by atoms with Gasteiger partial charge >= 0.3 is 5.69 Å². The first-order chi connectivity index (χ1) is 8.56. The van der Waals surface area contributed by atoms with Gasteiger partial charge in [-0.2, -0.15) is 0 Å². The first-order valence-electron chi connectivity index (χ1n) is 6.20. The monoisotopic (exact) mass is 250 g/mol. The minimum Gasteiger partial charge on any atom is -0.487 e. The van der Waals surface area contributed by atoms with E-state index in [4.69, 9.17) is 4.74 Å². The van der Waals surface area contributed by atoms with Gasteiger partial charge in [-0.05, 0) is 37.3 Å². The molecule has 1 saturated carbocycles. The summed E-state index contributed by atoms with van der Waals surface area (Å²) in [5.41, 5.74) is 0.873. The van der Waals surface area contributed by atoms with Gasteiger partial charge in [0.05, 0.1) is 11.5 Å². The fourth-order valence-electron chi connectivity index (χ4n) is 1.82. The molecule has 1 aliphatic carbocycles. The maximum absolute atomic E-state index is 11.1. The molecule has 98 valence electrons. The molecule has 0 aliphatic heterocycles. The van der Waals surface area contributed by atoms with E-state index in [0.29, 0.717) is 23.5 Å². The highest BCUT2D eigenvalue weighted by atomic mass is 16.6. The van der Waals surface area contributed by atoms with Crippen LogP contribution in [0.25, 0.3) is 0 Å². The third kappa shape index (κ3) is 2.72. The van der Waals surface area contributed by atoms with Gasteiger partial charge in [0.2, 0.25) is 0 Å². The molecule has 0 unspecified atom stereocenters. The van der Waals surface area contributed by atoms with Crippen molar-refractivity contribution < 1.29 is 9.66 Å². The lowest BCUT2D eigenvalue weighted by Crippen LogP contribution is -2.13. The van der Waals surface area contributed by atoms with Crippen LogP contribution in [0, 0.1) is 15.5 Å². The molecular formula is C13H18N2O3. The fraction of sp³-hybridized carbons (Fsp3) is 0.538.